The molecule has 0 aliphatic carbocycles. The number of aliphatic carboxylic acids is 1. The first kappa shape index (κ1) is 29.6. The summed E-state index contributed by atoms with van der Waals surface area (Å²) in [5, 5.41) is 17.0. The largest absolute Gasteiger partial charge is 0.480 e. The van der Waals surface area contributed by atoms with Crippen molar-refractivity contribution >= 4 is 50.6 Å². The van der Waals surface area contributed by atoms with Crippen molar-refractivity contribution in [2.75, 3.05) is 0 Å². The van der Waals surface area contributed by atoms with Gasteiger partial charge in [-0.3, -0.25) is 14.4 Å². The Balaban J connectivity index is 1.48. The van der Waals surface area contributed by atoms with Crippen molar-refractivity contribution in [3.63, 3.8) is 0 Å². The second-order valence-electron chi connectivity index (χ2n) is 12.1. The Hall–Kier alpha value is -4.86. The number of benzene rings is 2. The molecule has 0 aliphatic heterocycles. The molecule has 43 heavy (non-hydrogen) atoms. The normalized spacial score (nSPS) is 13.3. The quantitative estimate of drug-likeness (QED) is 0.191. The molecular formula is C33H35N3O7. The fourth-order valence-corrected chi connectivity index (χ4v) is 5.49. The molecule has 2 atom stereocenters. The smallest absolute Gasteiger partial charge is 0.340 e. The van der Waals surface area contributed by atoms with Gasteiger partial charge < -0.3 is 29.6 Å². The number of carboxylic acid groups (broad SMARTS) is 1. The fourth-order valence-electron chi connectivity index (χ4n) is 5.49. The third-order valence-corrected chi connectivity index (χ3v) is 7.97. The van der Waals surface area contributed by atoms with Gasteiger partial charge in [0, 0.05) is 45.4 Å². The molecule has 0 fully saturated rings. The summed E-state index contributed by atoms with van der Waals surface area (Å²) in [6, 6.07) is 7.21. The van der Waals surface area contributed by atoms with Crippen molar-refractivity contribution in [2.24, 2.45) is 0 Å². The predicted molar refractivity (Wildman–Crippen MR) is 163 cm³/mol. The number of rotatable bonds is 8. The van der Waals surface area contributed by atoms with E-state index in [-0.39, 0.29) is 23.8 Å². The second kappa shape index (κ2) is 11.1. The van der Waals surface area contributed by atoms with Crippen molar-refractivity contribution in [2.45, 2.75) is 71.9 Å². The first-order valence-electron chi connectivity index (χ1n) is 14.1. The number of carboxylic acids is 1. The van der Waals surface area contributed by atoms with E-state index in [1.165, 1.54) is 6.92 Å². The third kappa shape index (κ3) is 5.64. The number of amides is 2. The molecule has 0 aliphatic rings. The maximum Gasteiger partial charge on any atom is 0.340 e. The summed E-state index contributed by atoms with van der Waals surface area (Å²) in [7, 11) is 0. The number of hydrogen-bond acceptors (Lipinski definition) is 6. The van der Waals surface area contributed by atoms with Crippen molar-refractivity contribution in [3.05, 3.63) is 81.0 Å². The zero-order chi connectivity index (χ0) is 31.2. The lowest BCUT2D eigenvalue weighted by atomic mass is 9.86. The fraction of sp³-hybridized carbons (Fsp3) is 0.333. The zero-order valence-corrected chi connectivity index (χ0v) is 25.0. The minimum Gasteiger partial charge on any atom is -0.480 e. The van der Waals surface area contributed by atoms with Gasteiger partial charge in [-0.2, -0.15) is 0 Å². The minimum atomic E-state index is -1.20. The second-order valence-corrected chi connectivity index (χ2v) is 12.1. The lowest BCUT2D eigenvalue weighted by molar-refractivity contribution is -0.141. The Morgan fingerprint density at radius 1 is 1.00 bits per heavy atom. The van der Waals surface area contributed by atoms with Gasteiger partial charge in [-0.05, 0) is 49.4 Å². The zero-order valence-electron chi connectivity index (χ0n) is 25.0. The molecule has 4 N–H and O–H groups in total. The van der Waals surface area contributed by atoms with Crippen molar-refractivity contribution in [1.82, 2.24) is 15.6 Å². The summed E-state index contributed by atoms with van der Waals surface area (Å²) in [4.78, 5) is 54.3. The summed E-state index contributed by atoms with van der Waals surface area (Å²) in [5.41, 5.74) is 4.33. The van der Waals surface area contributed by atoms with Crippen LogP contribution < -0.4 is 16.3 Å². The van der Waals surface area contributed by atoms with Gasteiger partial charge in [-0.15, -0.1) is 0 Å². The highest BCUT2D eigenvalue weighted by atomic mass is 16.4. The Morgan fingerprint density at radius 3 is 2.42 bits per heavy atom. The molecule has 224 valence electrons. The van der Waals surface area contributed by atoms with Crippen LogP contribution in [-0.4, -0.2) is 40.0 Å². The van der Waals surface area contributed by atoms with E-state index in [1.807, 2.05) is 37.3 Å². The summed E-state index contributed by atoms with van der Waals surface area (Å²) in [6.07, 6.45) is 3.25. The molecule has 0 saturated carbocycles. The van der Waals surface area contributed by atoms with Gasteiger partial charge in [0.15, 0.2) is 0 Å². The van der Waals surface area contributed by atoms with E-state index in [4.69, 9.17) is 8.83 Å². The van der Waals surface area contributed by atoms with Crippen LogP contribution in [-0.2, 0) is 32.6 Å². The Labute approximate surface area is 247 Å². The van der Waals surface area contributed by atoms with E-state index < -0.39 is 35.5 Å². The lowest BCUT2D eigenvalue weighted by Gasteiger charge is -2.20. The van der Waals surface area contributed by atoms with E-state index >= 15 is 0 Å². The summed E-state index contributed by atoms with van der Waals surface area (Å²) in [5.74, 6) is -2.43. The number of aromatic nitrogens is 1. The number of furan rings is 1. The van der Waals surface area contributed by atoms with Crippen molar-refractivity contribution in [1.29, 1.82) is 0 Å². The molecule has 5 aromatic rings. The van der Waals surface area contributed by atoms with Crippen molar-refractivity contribution < 1.29 is 28.3 Å². The predicted octanol–water partition coefficient (Wildman–Crippen LogP) is 4.79. The number of fused-ring (bicyclic) bond motifs is 3. The standard InChI is InChI=1S/C33H35N3O7/c1-16-21-12-23-24(33(4,5)6)15-42-28(23)17(2)29(21)43-32(41)22(16)13-27(37)36-26(30(38)35-18(3)31(39)40)11-19-14-34-25-10-8-7-9-20(19)25/h7-10,12,14-15,18,26,34H,11,13H2,1-6H3,(H,35,38)(H,36,37)(H,39,40). The number of H-pyrrole nitrogens is 1. The highest BCUT2D eigenvalue weighted by molar-refractivity contribution is 6.00. The molecule has 0 radical (unpaired) electrons. The molecule has 10 nitrogen and oxygen atoms in total. The minimum absolute atomic E-state index is 0.104. The van der Waals surface area contributed by atoms with E-state index in [9.17, 15) is 24.3 Å². The van der Waals surface area contributed by atoms with Crippen LogP contribution >= 0.6 is 0 Å². The molecule has 3 aromatic heterocycles. The molecule has 0 bridgehead atoms. The molecule has 2 amide bonds. The van der Waals surface area contributed by atoms with Gasteiger partial charge in [0.2, 0.25) is 11.8 Å². The summed E-state index contributed by atoms with van der Waals surface area (Å²) in [6.45, 7) is 11.2. The van der Waals surface area contributed by atoms with Crippen LogP contribution in [0.25, 0.3) is 32.8 Å². The van der Waals surface area contributed by atoms with Crippen LogP contribution in [0, 0.1) is 13.8 Å². The van der Waals surface area contributed by atoms with E-state index in [2.05, 4.69) is 36.4 Å². The Morgan fingerprint density at radius 2 is 1.72 bits per heavy atom. The number of aryl methyl sites for hydroxylation is 2. The average molecular weight is 586 g/mol. The molecule has 2 unspecified atom stereocenters. The van der Waals surface area contributed by atoms with E-state index in [0.29, 0.717) is 27.7 Å². The molecule has 10 heteroatoms. The summed E-state index contributed by atoms with van der Waals surface area (Å²) >= 11 is 0. The number of para-hydroxylation sites is 1. The summed E-state index contributed by atoms with van der Waals surface area (Å²) < 4.78 is 11.6. The van der Waals surface area contributed by atoms with Gasteiger partial charge in [-0.25, -0.2) is 4.79 Å². The van der Waals surface area contributed by atoms with Crippen molar-refractivity contribution in [3.8, 4) is 0 Å². The average Bonchev–Trinajstić information content (AvgIpc) is 3.56. The van der Waals surface area contributed by atoms with Gasteiger partial charge in [0.25, 0.3) is 0 Å². The van der Waals surface area contributed by atoms with Crippen LogP contribution in [0.2, 0.25) is 0 Å². The molecular weight excluding hydrogens is 550 g/mol. The number of nitrogens with one attached hydrogen (secondary N) is 3. The Bertz CT molecular complexity index is 1950. The lowest BCUT2D eigenvalue weighted by Crippen LogP contribution is -2.52. The molecule has 2 aromatic carbocycles. The monoisotopic (exact) mass is 585 g/mol. The third-order valence-electron chi connectivity index (χ3n) is 7.97. The van der Waals surface area contributed by atoms with Gasteiger partial charge >= 0.3 is 11.6 Å². The van der Waals surface area contributed by atoms with Crippen LogP contribution in [0.15, 0.2) is 56.4 Å². The van der Waals surface area contributed by atoms with E-state index in [1.54, 1.807) is 19.4 Å². The maximum absolute atomic E-state index is 13.4. The number of carbonyl (C=O) groups excluding carboxylic acids is 2. The number of hydrogen-bond donors (Lipinski definition) is 4. The SMILES string of the molecule is Cc1c(CC(=O)NC(Cc2c[nH]c3ccccc23)C(=O)NC(C)C(=O)O)c(=O)oc2c(C)c3occ(C(C)(C)C)c3cc12. The van der Waals surface area contributed by atoms with Crippen LogP contribution in [0.4, 0.5) is 0 Å². The number of aromatic amines is 1. The molecule has 0 saturated heterocycles. The van der Waals surface area contributed by atoms with Crippen LogP contribution in [0.1, 0.15) is 55.5 Å². The topological polar surface area (TPSA) is 155 Å². The molecule has 0 spiro atoms. The molecule has 3 heterocycles. The first-order valence-corrected chi connectivity index (χ1v) is 14.1. The highest BCUT2D eigenvalue weighted by Gasteiger charge is 2.28. The van der Waals surface area contributed by atoms with Gasteiger partial charge in [-0.1, -0.05) is 39.0 Å². The Kier molecular flexibility index (Phi) is 7.64. The number of carbonyl (C=O) groups is 3. The molecule has 5 rings (SSSR count). The van der Waals surface area contributed by atoms with Gasteiger partial charge in [0.05, 0.1) is 18.2 Å². The maximum atomic E-state index is 13.4. The first-order chi connectivity index (χ1) is 20.3. The highest BCUT2D eigenvalue weighted by Crippen LogP contribution is 2.37. The van der Waals surface area contributed by atoms with Gasteiger partial charge in [0.1, 0.15) is 23.2 Å². The van der Waals surface area contributed by atoms with Crippen LogP contribution in [0.5, 0.6) is 0 Å². The van der Waals surface area contributed by atoms with E-state index in [0.717, 1.165) is 27.4 Å². The van der Waals surface area contributed by atoms with Crippen LogP contribution in [0.3, 0.4) is 0 Å².